The molecule has 3 heteroatoms. The Morgan fingerprint density at radius 1 is 1.53 bits per heavy atom. The molecule has 0 spiro atoms. The lowest BCUT2D eigenvalue weighted by molar-refractivity contribution is 0.407. The molecular weight excluding hydrogens is 254 g/mol. The van der Waals surface area contributed by atoms with Gasteiger partial charge in [0.25, 0.3) is 0 Å². The first kappa shape index (κ1) is 12.1. The molecule has 0 aromatic heterocycles. The van der Waals surface area contributed by atoms with Gasteiger partial charge in [-0.15, -0.1) is 0 Å². The van der Waals surface area contributed by atoms with Crippen molar-refractivity contribution in [3.8, 4) is 11.8 Å². The standard InChI is InChI=1S/C12H14BrNO/c1-3-9(8-14)6-10-7-11(13)4-5-12(10)15-2/h4-5,7,9H,3,6H2,1-2H3. The highest BCUT2D eigenvalue weighted by Crippen LogP contribution is 2.26. The number of nitriles is 1. The van der Waals surface area contributed by atoms with E-state index in [0.29, 0.717) is 0 Å². The van der Waals surface area contributed by atoms with Crippen LogP contribution >= 0.6 is 15.9 Å². The molecule has 0 bridgehead atoms. The second-order valence-electron chi connectivity index (χ2n) is 3.39. The summed E-state index contributed by atoms with van der Waals surface area (Å²) < 4.78 is 6.28. The summed E-state index contributed by atoms with van der Waals surface area (Å²) >= 11 is 3.42. The van der Waals surface area contributed by atoms with Crippen molar-refractivity contribution >= 4 is 15.9 Å². The Labute approximate surface area is 99.0 Å². The predicted molar refractivity (Wildman–Crippen MR) is 63.8 cm³/mol. The van der Waals surface area contributed by atoms with E-state index >= 15 is 0 Å². The maximum Gasteiger partial charge on any atom is 0.122 e. The van der Waals surface area contributed by atoms with Gasteiger partial charge in [-0.3, -0.25) is 0 Å². The summed E-state index contributed by atoms with van der Waals surface area (Å²) in [6.07, 6.45) is 1.61. The maximum absolute atomic E-state index is 8.92. The highest BCUT2D eigenvalue weighted by atomic mass is 79.9. The van der Waals surface area contributed by atoms with E-state index in [2.05, 4.69) is 22.0 Å². The van der Waals surface area contributed by atoms with Crippen molar-refractivity contribution in [1.82, 2.24) is 0 Å². The van der Waals surface area contributed by atoms with Gasteiger partial charge in [-0.05, 0) is 36.6 Å². The number of rotatable bonds is 4. The van der Waals surface area contributed by atoms with Gasteiger partial charge in [-0.25, -0.2) is 0 Å². The lowest BCUT2D eigenvalue weighted by Gasteiger charge is -2.11. The van der Waals surface area contributed by atoms with E-state index < -0.39 is 0 Å². The van der Waals surface area contributed by atoms with Gasteiger partial charge in [0.15, 0.2) is 0 Å². The molecule has 15 heavy (non-hydrogen) atoms. The van der Waals surface area contributed by atoms with Crippen molar-refractivity contribution in [3.05, 3.63) is 28.2 Å². The van der Waals surface area contributed by atoms with Gasteiger partial charge in [0.05, 0.1) is 19.1 Å². The fourth-order valence-corrected chi connectivity index (χ4v) is 1.86. The fourth-order valence-electron chi connectivity index (χ4n) is 1.45. The molecule has 0 heterocycles. The lowest BCUT2D eigenvalue weighted by atomic mass is 9.98. The zero-order chi connectivity index (χ0) is 11.3. The largest absolute Gasteiger partial charge is 0.496 e. The summed E-state index contributed by atoms with van der Waals surface area (Å²) in [5, 5.41) is 8.92. The number of methoxy groups -OCH3 is 1. The van der Waals surface area contributed by atoms with Gasteiger partial charge < -0.3 is 4.74 Å². The quantitative estimate of drug-likeness (QED) is 0.836. The molecule has 0 N–H and O–H groups in total. The van der Waals surface area contributed by atoms with Crippen LogP contribution in [0, 0.1) is 17.2 Å². The molecule has 0 saturated carbocycles. The second kappa shape index (κ2) is 5.77. The van der Waals surface area contributed by atoms with E-state index in [4.69, 9.17) is 10.00 Å². The molecule has 0 saturated heterocycles. The van der Waals surface area contributed by atoms with Crippen LogP contribution in [-0.4, -0.2) is 7.11 Å². The molecule has 1 atom stereocenters. The van der Waals surface area contributed by atoms with E-state index in [9.17, 15) is 0 Å². The minimum Gasteiger partial charge on any atom is -0.496 e. The van der Waals surface area contributed by atoms with Crippen molar-refractivity contribution in [2.75, 3.05) is 7.11 Å². The third-order valence-electron chi connectivity index (χ3n) is 2.38. The van der Waals surface area contributed by atoms with Crippen LogP contribution in [0.4, 0.5) is 0 Å². The number of halogens is 1. The Hall–Kier alpha value is -1.01. The Morgan fingerprint density at radius 3 is 2.80 bits per heavy atom. The van der Waals surface area contributed by atoms with Crippen molar-refractivity contribution in [2.24, 2.45) is 5.92 Å². The van der Waals surface area contributed by atoms with Crippen molar-refractivity contribution in [3.63, 3.8) is 0 Å². The Kier molecular flexibility index (Phi) is 4.64. The molecule has 0 fully saturated rings. The summed E-state index contributed by atoms with van der Waals surface area (Å²) in [5.74, 6) is 0.917. The zero-order valence-corrected chi connectivity index (χ0v) is 10.5. The van der Waals surface area contributed by atoms with Gasteiger partial charge in [0, 0.05) is 4.47 Å². The van der Waals surface area contributed by atoms with Gasteiger partial charge in [0.1, 0.15) is 5.75 Å². The highest BCUT2D eigenvalue weighted by Gasteiger charge is 2.10. The summed E-state index contributed by atoms with van der Waals surface area (Å²) in [6, 6.07) is 8.17. The van der Waals surface area contributed by atoms with Crippen LogP contribution in [-0.2, 0) is 6.42 Å². The minimum atomic E-state index is 0.0631. The van der Waals surface area contributed by atoms with Crippen LogP contribution in [0.3, 0.4) is 0 Å². The first-order valence-electron chi connectivity index (χ1n) is 4.93. The van der Waals surface area contributed by atoms with E-state index in [1.54, 1.807) is 7.11 Å². The van der Waals surface area contributed by atoms with Crippen LogP contribution in [0.15, 0.2) is 22.7 Å². The molecule has 0 aliphatic heterocycles. The van der Waals surface area contributed by atoms with E-state index in [-0.39, 0.29) is 5.92 Å². The molecule has 1 aromatic carbocycles. The Bertz CT molecular complexity index is 370. The van der Waals surface area contributed by atoms with Crippen molar-refractivity contribution in [2.45, 2.75) is 19.8 Å². The van der Waals surface area contributed by atoms with Gasteiger partial charge in [-0.2, -0.15) is 5.26 Å². The number of ether oxygens (including phenoxy) is 1. The van der Waals surface area contributed by atoms with Crippen LogP contribution in [0.25, 0.3) is 0 Å². The Balaban J connectivity index is 2.92. The smallest absolute Gasteiger partial charge is 0.122 e. The Morgan fingerprint density at radius 2 is 2.27 bits per heavy atom. The highest BCUT2D eigenvalue weighted by molar-refractivity contribution is 9.10. The average Bonchev–Trinajstić information content (AvgIpc) is 2.26. The number of hydrogen-bond acceptors (Lipinski definition) is 2. The molecule has 1 rings (SSSR count). The summed E-state index contributed by atoms with van der Waals surface area (Å²) in [5.41, 5.74) is 1.08. The van der Waals surface area contributed by atoms with E-state index in [0.717, 1.165) is 28.6 Å². The summed E-state index contributed by atoms with van der Waals surface area (Å²) in [7, 11) is 1.65. The topological polar surface area (TPSA) is 33.0 Å². The van der Waals surface area contributed by atoms with Crippen LogP contribution in [0.1, 0.15) is 18.9 Å². The molecular formula is C12H14BrNO. The summed E-state index contributed by atoms with van der Waals surface area (Å²) in [6.45, 7) is 2.03. The first-order valence-corrected chi connectivity index (χ1v) is 5.72. The van der Waals surface area contributed by atoms with Gasteiger partial charge in [0.2, 0.25) is 0 Å². The monoisotopic (exact) mass is 267 g/mol. The number of benzene rings is 1. The minimum absolute atomic E-state index is 0.0631. The SMILES string of the molecule is CCC(C#N)Cc1cc(Br)ccc1OC. The zero-order valence-electron chi connectivity index (χ0n) is 8.96. The fraction of sp³-hybridized carbons (Fsp3) is 0.417. The maximum atomic E-state index is 8.92. The molecule has 1 aromatic rings. The third-order valence-corrected chi connectivity index (χ3v) is 2.88. The second-order valence-corrected chi connectivity index (χ2v) is 4.31. The van der Waals surface area contributed by atoms with Gasteiger partial charge >= 0.3 is 0 Å². The molecule has 2 nitrogen and oxygen atoms in total. The van der Waals surface area contributed by atoms with Crippen molar-refractivity contribution < 1.29 is 4.74 Å². The predicted octanol–water partition coefficient (Wildman–Crippen LogP) is 3.55. The van der Waals surface area contributed by atoms with Gasteiger partial charge in [-0.1, -0.05) is 22.9 Å². The first-order chi connectivity index (χ1) is 7.21. The number of hydrogen-bond donors (Lipinski definition) is 0. The normalized spacial score (nSPS) is 11.9. The molecule has 0 aliphatic carbocycles. The molecule has 80 valence electrons. The lowest BCUT2D eigenvalue weighted by Crippen LogP contribution is -2.02. The third kappa shape index (κ3) is 3.24. The van der Waals surface area contributed by atoms with Crippen LogP contribution in [0.2, 0.25) is 0 Å². The molecule has 0 radical (unpaired) electrons. The van der Waals surface area contributed by atoms with E-state index in [1.807, 2.05) is 25.1 Å². The van der Waals surface area contributed by atoms with E-state index in [1.165, 1.54) is 0 Å². The molecule has 1 unspecified atom stereocenters. The molecule has 0 aliphatic rings. The summed E-state index contributed by atoms with van der Waals surface area (Å²) in [4.78, 5) is 0. The van der Waals surface area contributed by atoms with Crippen LogP contribution < -0.4 is 4.74 Å². The average molecular weight is 268 g/mol. The van der Waals surface area contributed by atoms with Crippen LogP contribution in [0.5, 0.6) is 5.75 Å². The molecule has 0 amide bonds. The van der Waals surface area contributed by atoms with Crippen molar-refractivity contribution in [1.29, 1.82) is 5.26 Å². The number of nitrogens with zero attached hydrogens (tertiary/aromatic N) is 1.